The number of hydrogen-bond donors (Lipinski definition) is 2. The summed E-state index contributed by atoms with van der Waals surface area (Å²) in [5.41, 5.74) is 11.9. The average Bonchev–Trinajstić information content (AvgIpc) is 2.42. The highest BCUT2D eigenvalue weighted by Gasteiger charge is 2.14. The molecular formula is C16H18N2. The summed E-state index contributed by atoms with van der Waals surface area (Å²) in [6.45, 7) is 0.756. The summed E-state index contributed by atoms with van der Waals surface area (Å²) in [7, 11) is 0. The quantitative estimate of drug-likeness (QED) is 0.848. The Hall–Kier alpha value is -1.80. The molecule has 3 N–H and O–H groups in total. The van der Waals surface area contributed by atoms with Gasteiger partial charge in [-0.25, -0.2) is 0 Å². The van der Waals surface area contributed by atoms with Gasteiger partial charge in [0.15, 0.2) is 0 Å². The lowest BCUT2D eigenvalue weighted by Gasteiger charge is -2.22. The molecule has 0 aromatic heterocycles. The number of nitrogens with one attached hydrogen (secondary N) is 1. The zero-order valence-electron chi connectivity index (χ0n) is 10.4. The third-order valence-corrected chi connectivity index (χ3v) is 3.43. The second-order valence-electron chi connectivity index (χ2n) is 4.79. The Bertz CT molecular complexity index is 550. The van der Waals surface area contributed by atoms with Crippen LogP contribution in [0.1, 0.15) is 24.0 Å². The van der Waals surface area contributed by atoms with Crippen molar-refractivity contribution in [3.63, 3.8) is 0 Å². The predicted molar refractivity (Wildman–Crippen MR) is 77.3 cm³/mol. The van der Waals surface area contributed by atoms with Crippen LogP contribution in [-0.2, 0) is 6.42 Å². The molecule has 0 radical (unpaired) electrons. The number of aryl methyl sites for hydroxylation is 1. The largest absolute Gasteiger partial charge is 0.355 e. The summed E-state index contributed by atoms with van der Waals surface area (Å²) in [5, 5.41) is 3.50. The molecule has 0 spiro atoms. The van der Waals surface area contributed by atoms with Crippen LogP contribution in [0.3, 0.4) is 0 Å². The van der Waals surface area contributed by atoms with Gasteiger partial charge in [0.05, 0.1) is 0 Å². The smallest absolute Gasteiger partial charge is 0.0458 e. The van der Waals surface area contributed by atoms with Crippen LogP contribution in [-0.4, -0.2) is 6.54 Å². The van der Waals surface area contributed by atoms with E-state index in [1.165, 1.54) is 28.1 Å². The molecule has 2 aliphatic rings. The molecule has 0 saturated carbocycles. The maximum absolute atomic E-state index is 5.56. The Morgan fingerprint density at radius 1 is 1.28 bits per heavy atom. The number of hydrogen-bond acceptors (Lipinski definition) is 2. The Morgan fingerprint density at radius 3 is 3.11 bits per heavy atom. The monoisotopic (exact) mass is 238 g/mol. The third-order valence-electron chi connectivity index (χ3n) is 3.43. The van der Waals surface area contributed by atoms with Gasteiger partial charge in [-0.3, -0.25) is 0 Å². The standard InChI is InChI=1S/C16H18N2/c17-9-3-4-12-7-8-16-14(10-12)11-13-5-1-2-6-15(13)18-16/h1,5-8,10-11,18H,2-4,9,17H2. The first-order valence-electron chi connectivity index (χ1n) is 6.55. The maximum atomic E-state index is 5.56. The molecule has 1 aliphatic heterocycles. The van der Waals surface area contributed by atoms with E-state index in [1.807, 2.05) is 0 Å². The van der Waals surface area contributed by atoms with Crippen molar-refractivity contribution in [3.8, 4) is 0 Å². The van der Waals surface area contributed by atoms with Gasteiger partial charge in [0.1, 0.15) is 0 Å². The van der Waals surface area contributed by atoms with Gasteiger partial charge in [0.2, 0.25) is 0 Å². The zero-order chi connectivity index (χ0) is 12.4. The van der Waals surface area contributed by atoms with E-state index in [2.05, 4.69) is 47.8 Å². The molecule has 1 aliphatic carbocycles. The van der Waals surface area contributed by atoms with Crippen molar-refractivity contribution in [3.05, 3.63) is 58.8 Å². The van der Waals surface area contributed by atoms with Crippen molar-refractivity contribution in [2.24, 2.45) is 5.73 Å². The van der Waals surface area contributed by atoms with E-state index in [9.17, 15) is 0 Å². The van der Waals surface area contributed by atoms with E-state index in [4.69, 9.17) is 5.73 Å². The molecule has 0 saturated heterocycles. The Kier molecular flexibility index (Phi) is 3.03. The second-order valence-corrected chi connectivity index (χ2v) is 4.79. The highest BCUT2D eigenvalue weighted by molar-refractivity contribution is 5.80. The van der Waals surface area contributed by atoms with Crippen molar-refractivity contribution in [2.75, 3.05) is 11.9 Å². The molecule has 0 bridgehead atoms. The predicted octanol–water partition coefficient (Wildman–Crippen LogP) is 3.23. The molecule has 0 atom stereocenters. The first-order chi connectivity index (χ1) is 8.86. The van der Waals surface area contributed by atoms with Crippen LogP contribution in [0.25, 0.3) is 6.08 Å². The minimum atomic E-state index is 0.756. The molecule has 2 heteroatoms. The van der Waals surface area contributed by atoms with E-state index in [0.717, 1.165) is 25.8 Å². The van der Waals surface area contributed by atoms with Crippen molar-refractivity contribution in [1.82, 2.24) is 0 Å². The van der Waals surface area contributed by atoms with E-state index in [0.29, 0.717) is 0 Å². The maximum Gasteiger partial charge on any atom is 0.0458 e. The average molecular weight is 238 g/mol. The highest BCUT2D eigenvalue weighted by atomic mass is 14.9. The number of benzene rings is 1. The van der Waals surface area contributed by atoms with Crippen molar-refractivity contribution >= 4 is 11.8 Å². The summed E-state index contributed by atoms with van der Waals surface area (Å²) in [6.07, 6.45) is 12.0. The van der Waals surface area contributed by atoms with Crippen LogP contribution in [0.5, 0.6) is 0 Å². The number of fused-ring (bicyclic) bond motifs is 2. The second kappa shape index (κ2) is 4.83. The van der Waals surface area contributed by atoms with Gasteiger partial charge in [-0.05, 0) is 60.7 Å². The van der Waals surface area contributed by atoms with E-state index < -0.39 is 0 Å². The molecule has 0 amide bonds. The molecule has 1 aromatic rings. The van der Waals surface area contributed by atoms with Crippen LogP contribution < -0.4 is 11.1 Å². The fourth-order valence-corrected chi connectivity index (χ4v) is 2.46. The Labute approximate surface area is 108 Å². The van der Waals surface area contributed by atoms with Crippen LogP contribution in [0.15, 0.2) is 47.7 Å². The van der Waals surface area contributed by atoms with Gasteiger partial charge in [-0.2, -0.15) is 0 Å². The van der Waals surface area contributed by atoms with Gasteiger partial charge in [0, 0.05) is 11.4 Å². The lowest BCUT2D eigenvalue weighted by molar-refractivity contribution is 0.832. The topological polar surface area (TPSA) is 38.0 Å². The van der Waals surface area contributed by atoms with Gasteiger partial charge in [-0.1, -0.05) is 24.3 Å². The number of rotatable bonds is 3. The lowest BCUT2D eigenvalue weighted by atomic mass is 9.95. The number of anilines is 1. The summed E-state index contributed by atoms with van der Waals surface area (Å²) >= 11 is 0. The Balaban J connectivity index is 1.93. The fraction of sp³-hybridized carbons (Fsp3) is 0.250. The van der Waals surface area contributed by atoms with Gasteiger partial charge >= 0.3 is 0 Å². The van der Waals surface area contributed by atoms with E-state index >= 15 is 0 Å². The lowest BCUT2D eigenvalue weighted by Crippen LogP contribution is -2.09. The first-order valence-corrected chi connectivity index (χ1v) is 6.55. The molecule has 0 fully saturated rings. The van der Waals surface area contributed by atoms with Crippen LogP contribution in [0, 0.1) is 0 Å². The minimum Gasteiger partial charge on any atom is -0.355 e. The minimum absolute atomic E-state index is 0.756. The molecule has 3 rings (SSSR count). The van der Waals surface area contributed by atoms with Crippen LogP contribution in [0.2, 0.25) is 0 Å². The van der Waals surface area contributed by atoms with Crippen LogP contribution in [0.4, 0.5) is 5.69 Å². The summed E-state index contributed by atoms with van der Waals surface area (Å²) < 4.78 is 0. The summed E-state index contributed by atoms with van der Waals surface area (Å²) in [4.78, 5) is 0. The van der Waals surface area contributed by atoms with Crippen molar-refractivity contribution < 1.29 is 0 Å². The first kappa shape index (κ1) is 11.3. The van der Waals surface area contributed by atoms with Crippen molar-refractivity contribution in [2.45, 2.75) is 19.3 Å². The van der Waals surface area contributed by atoms with Crippen LogP contribution >= 0.6 is 0 Å². The molecular weight excluding hydrogens is 220 g/mol. The van der Waals surface area contributed by atoms with E-state index in [1.54, 1.807) is 0 Å². The zero-order valence-corrected chi connectivity index (χ0v) is 10.4. The number of nitrogens with two attached hydrogens (primary N) is 1. The summed E-state index contributed by atoms with van der Waals surface area (Å²) in [6, 6.07) is 6.64. The van der Waals surface area contributed by atoms with Gasteiger partial charge < -0.3 is 11.1 Å². The Morgan fingerprint density at radius 2 is 2.22 bits per heavy atom. The fourth-order valence-electron chi connectivity index (χ4n) is 2.46. The highest BCUT2D eigenvalue weighted by Crippen LogP contribution is 2.32. The number of allylic oxidation sites excluding steroid dienone is 3. The SMILES string of the molecule is NCCCc1ccc2c(c1)C=C1C=CCC=C1N2. The molecule has 1 heterocycles. The third kappa shape index (κ3) is 2.12. The molecule has 2 nitrogen and oxygen atoms in total. The van der Waals surface area contributed by atoms with Gasteiger partial charge in [0.25, 0.3) is 0 Å². The van der Waals surface area contributed by atoms with E-state index in [-0.39, 0.29) is 0 Å². The molecule has 92 valence electrons. The summed E-state index contributed by atoms with van der Waals surface area (Å²) in [5.74, 6) is 0. The molecule has 0 unspecified atom stereocenters. The van der Waals surface area contributed by atoms with Gasteiger partial charge in [-0.15, -0.1) is 0 Å². The molecule has 18 heavy (non-hydrogen) atoms. The normalized spacial score (nSPS) is 16.3. The van der Waals surface area contributed by atoms with Crippen molar-refractivity contribution in [1.29, 1.82) is 0 Å². The molecule has 1 aromatic carbocycles.